The highest BCUT2D eigenvalue weighted by molar-refractivity contribution is 5.42. The van der Waals surface area contributed by atoms with Crippen LogP contribution in [0.4, 0.5) is 0 Å². The summed E-state index contributed by atoms with van der Waals surface area (Å²) >= 11 is 0. The number of piperidine rings is 1. The van der Waals surface area contributed by atoms with Crippen molar-refractivity contribution in [2.24, 2.45) is 11.8 Å². The van der Waals surface area contributed by atoms with E-state index in [2.05, 4.69) is 29.8 Å². The predicted octanol–water partition coefficient (Wildman–Crippen LogP) is 1.81. The molecule has 2 aliphatic rings. The summed E-state index contributed by atoms with van der Waals surface area (Å²) in [5.74, 6) is 0.981. The van der Waals surface area contributed by atoms with Crippen molar-refractivity contribution in [2.45, 2.75) is 25.3 Å². The van der Waals surface area contributed by atoms with Crippen LogP contribution >= 0.6 is 0 Å². The number of aromatic nitrogens is 1. The Morgan fingerprint density at radius 3 is 2.59 bits per heavy atom. The van der Waals surface area contributed by atoms with Crippen LogP contribution < -0.4 is 0 Å². The Labute approximate surface area is 102 Å². The molecule has 3 rings (SSSR count). The van der Waals surface area contributed by atoms with Crippen LogP contribution in [-0.2, 0) is 5.41 Å². The minimum atomic E-state index is -0.285. The fourth-order valence-corrected chi connectivity index (χ4v) is 3.29. The number of rotatable bonds is 2. The number of likely N-dealkylation sites (tertiary alicyclic amines) is 1. The molecule has 1 aliphatic carbocycles. The van der Waals surface area contributed by atoms with Crippen molar-refractivity contribution in [3.05, 3.63) is 30.1 Å². The number of nitrogens with zero attached hydrogens (tertiary/aromatic N) is 3. The normalized spacial score (nSPS) is 35.6. The zero-order valence-corrected chi connectivity index (χ0v) is 10.3. The maximum atomic E-state index is 9.53. The van der Waals surface area contributed by atoms with Gasteiger partial charge >= 0.3 is 0 Å². The highest BCUT2D eigenvalue weighted by atomic mass is 15.2. The number of pyridine rings is 1. The van der Waals surface area contributed by atoms with Gasteiger partial charge in [-0.25, -0.2) is 0 Å². The molecule has 0 N–H and O–H groups in total. The third-order valence-corrected chi connectivity index (χ3v) is 4.41. The summed E-state index contributed by atoms with van der Waals surface area (Å²) in [5.41, 5.74) is 0.688. The van der Waals surface area contributed by atoms with Gasteiger partial charge in [0.05, 0.1) is 11.8 Å². The standard InChI is InChI=1S/C14H17N3/c1-10(2)17-7-11-12(8-17)14(11,9-15)13-5-3-4-6-16-13/h3-6,10-12H,7-8H2,1-2H3. The van der Waals surface area contributed by atoms with Gasteiger partial charge in [0.1, 0.15) is 5.41 Å². The van der Waals surface area contributed by atoms with Crippen molar-refractivity contribution in [1.29, 1.82) is 5.26 Å². The van der Waals surface area contributed by atoms with Gasteiger partial charge in [-0.3, -0.25) is 4.98 Å². The van der Waals surface area contributed by atoms with Crippen LogP contribution in [0.5, 0.6) is 0 Å². The van der Waals surface area contributed by atoms with Crippen molar-refractivity contribution in [2.75, 3.05) is 13.1 Å². The molecule has 0 radical (unpaired) electrons. The number of hydrogen-bond donors (Lipinski definition) is 0. The lowest BCUT2D eigenvalue weighted by Crippen LogP contribution is -2.34. The largest absolute Gasteiger partial charge is 0.300 e. The van der Waals surface area contributed by atoms with E-state index in [-0.39, 0.29) is 5.41 Å². The molecule has 0 amide bonds. The molecule has 2 heterocycles. The summed E-state index contributed by atoms with van der Waals surface area (Å²) in [5, 5.41) is 9.53. The lowest BCUT2D eigenvalue weighted by atomic mass is 9.96. The molecule has 3 heteroatoms. The maximum Gasteiger partial charge on any atom is 0.108 e. The fraction of sp³-hybridized carbons (Fsp3) is 0.571. The molecule has 17 heavy (non-hydrogen) atoms. The monoisotopic (exact) mass is 227 g/mol. The summed E-state index contributed by atoms with van der Waals surface area (Å²) < 4.78 is 0. The van der Waals surface area contributed by atoms with E-state index in [4.69, 9.17) is 0 Å². The van der Waals surface area contributed by atoms with Crippen molar-refractivity contribution in [3.8, 4) is 6.07 Å². The molecule has 1 aromatic heterocycles. The zero-order valence-electron chi connectivity index (χ0n) is 10.3. The molecule has 0 aromatic carbocycles. The third kappa shape index (κ3) is 1.34. The molecule has 3 nitrogen and oxygen atoms in total. The van der Waals surface area contributed by atoms with Gasteiger partial charge < -0.3 is 4.90 Å². The first-order valence-corrected chi connectivity index (χ1v) is 6.27. The molecule has 2 atom stereocenters. The Morgan fingerprint density at radius 2 is 2.12 bits per heavy atom. The Balaban J connectivity index is 1.85. The summed E-state index contributed by atoms with van der Waals surface area (Å²) in [7, 11) is 0. The van der Waals surface area contributed by atoms with Crippen LogP contribution in [0.2, 0.25) is 0 Å². The second kappa shape index (κ2) is 3.54. The lowest BCUT2D eigenvalue weighted by molar-refractivity contribution is 0.233. The number of nitriles is 1. The van der Waals surface area contributed by atoms with Crippen LogP contribution in [0.15, 0.2) is 24.4 Å². The second-order valence-electron chi connectivity index (χ2n) is 5.46. The highest BCUT2D eigenvalue weighted by Gasteiger charge is 2.70. The van der Waals surface area contributed by atoms with E-state index in [1.165, 1.54) is 0 Å². The van der Waals surface area contributed by atoms with E-state index in [1.807, 2.05) is 18.2 Å². The zero-order chi connectivity index (χ0) is 12.0. The molecule has 1 saturated heterocycles. The van der Waals surface area contributed by atoms with Crippen LogP contribution in [0.3, 0.4) is 0 Å². The summed E-state index contributed by atoms with van der Waals surface area (Å²) in [6, 6.07) is 9.02. The third-order valence-electron chi connectivity index (χ3n) is 4.41. The molecule has 1 saturated carbocycles. The summed E-state index contributed by atoms with van der Waals surface area (Å²) in [4.78, 5) is 6.86. The van der Waals surface area contributed by atoms with Gasteiger partial charge in [0.15, 0.2) is 0 Å². The number of fused-ring (bicyclic) bond motifs is 1. The molecule has 2 unspecified atom stereocenters. The molecule has 2 fully saturated rings. The Kier molecular flexibility index (Phi) is 2.24. The molecular formula is C14H17N3. The maximum absolute atomic E-state index is 9.53. The van der Waals surface area contributed by atoms with Gasteiger partial charge in [0.25, 0.3) is 0 Å². The van der Waals surface area contributed by atoms with Gasteiger partial charge in [0, 0.05) is 37.2 Å². The summed E-state index contributed by atoms with van der Waals surface area (Å²) in [6.07, 6.45) is 1.79. The molecular weight excluding hydrogens is 210 g/mol. The van der Waals surface area contributed by atoms with Gasteiger partial charge in [-0.1, -0.05) is 6.07 Å². The topological polar surface area (TPSA) is 39.9 Å². The van der Waals surface area contributed by atoms with E-state index in [0.29, 0.717) is 17.9 Å². The first kappa shape index (κ1) is 10.7. The van der Waals surface area contributed by atoms with Crippen LogP contribution in [0.1, 0.15) is 19.5 Å². The smallest absolute Gasteiger partial charge is 0.108 e. The van der Waals surface area contributed by atoms with Crippen molar-refractivity contribution in [1.82, 2.24) is 9.88 Å². The van der Waals surface area contributed by atoms with Gasteiger partial charge in [-0.05, 0) is 26.0 Å². The Hall–Kier alpha value is -1.40. The van der Waals surface area contributed by atoms with Crippen molar-refractivity contribution in [3.63, 3.8) is 0 Å². The van der Waals surface area contributed by atoms with Gasteiger partial charge in [0.2, 0.25) is 0 Å². The average Bonchev–Trinajstić information content (AvgIpc) is 2.73. The van der Waals surface area contributed by atoms with Gasteiger partial charge in [-0.2, -0.15) is 5.26 Å². The van der Waals surface area contributed by atoms with E-state index < -0.39 is 0 Å². The Bertz CT molecular complexity index is 448. The SMILES string of the molecule is CC(C)N1CC2C(C1)C2(C#N)c1ccccn1. The van der Waals surface area contributed by atoms with Crippen LogP contribution in [-0.4, -0.2) is 29.0 Å². The molecule has 1 aliphatic heterocycles. The van der Waals surface area contributed by atoms with Gasteiger partial charge in [-0.15, -0.1) is 0 Å². The number of hydrogen-bond acceptors (Lipinski definition) is 3. The summed E-state index contributed by atoms with van der Waals surface area (Å²) in [6.45, 7) is 6.54. The van der Waals surface area contributed by atoms with E-state index in [0.717, 1.165) is 18.8 Å². The minimum absolute atomic E-state index is 0.285. The molecule has 1 aromatic rings. The first-order chi connectivity index (χ1) is 8.20. The lowest BCUT2D eigenvalue weighted by Gasteiger charge is -2.25. The average molecular weight is 227 g/mol. The molecule has 88 valence electrons. The van der Waals surface area contributed by atoms with Crippen LogP contribution in [0.25, 0.3) is 0 Å². The van der Waals surface area contributed by atoms with Crippen LogP contribution in [0, 0.1) is 23.2 Å². The minimum Gasteiger partial charge on any atom is -0.300 e. The quantitative estimate of drug-likeness (QED) is 0.773. The fourth-order valence-electron chi connectivity index (χ4n) is 3.29. The predicted molar refractivity (Wildman–Crippen MR) is 65.2 cm³/mol. The first-order valence-electron chi connectivity index (χ1n) is 6.27. The Morgan fingerprint density at radius 1 is 1.41 bits per heavy atom. The van der Waals surface area contributed by atoms with Crippen molar-refractivity contribution >= 4 is 0 Å². The highest BCUT2D eigenvalue weighted by Crippen LogP contribution is 2.62. The van der Waals surface area contributed by atoms with E-state index in [9.17, 15) is 5.26 Å². The van der Waals surface area contributed by atoms with E-state index >= 15 is 0 Å². The van der Waals surface area contributed by atoms with E-state index in [1.54, 1.807) is 6.20 Å². The molecule has 0 bridgehead atoms. The second-order valence-corrected chi connectivity index (χ2v) is 5.46. The van der Waals surface area contributed by atoms with Crippen molar-refractivity contribution < 1.29 is 0 Å². The molecule has 0 spiro atoms.